The Kier molecular flexibility index (Phi) is 5.80. The number of hydrogen-bond donors (Lipinski definition) is 1. The van der Waals surface area contributed by atoms with Gasteiger partial charge in [-0.2, -0.15) is 0 Å². The van der Waals surface area contributed by atoms with Gasteiger partial charge in [0.05, 0.1) is 12.6 Å². The maximum Gasteiger partial charge on any atom is 0.242 e. The molecule has 2 amide bonds. The smallest absolute Gasteiger partial charge is 0.242 e. The summed E-state index contributed by atoms with van der Waals surface area (Å²) in [7, 11) is 0. The molecule has 2 fully saturated rings. The van der Waals surface area contributed by atoms with Crippen molar-refractivity contribution in [1.82, 2.24) is 10.2 Å². The number of nitrogens with zero attached hydrogens (tertiary/aromatic N) is 1. The molecule has 0 aliphatic heterocycles. The lowest BCUT2D eigenvalue weighted by Crippen LogP contribution is -2.44. The summed E-state index contributed by atoms with van der Waals surface area (Å²) in [5, 5.41) is 2.93. The normalized spacial score (nSPS) is 22.7. The maximum absolute atomic E-state index is 13.0. The number of aryl methyl sites for hydroxylation is 1. The molecular formula is C23H32N2O2. The van der Waals surface area contributed by atoms with E-state index in [4.69, 9.17) is 0 Å². The lowest BCUT2D eigenvalue weighted by Gasteiger charge is -2.36. The topological polar surface area (TPSA) is 49.4 Å². The highest BCUT2D eigenvalue weighted by Gasteiger charge is 2.39. The first-order valence-corrected chi connectivity index (χ1v) is 10.9. The van der Waals surface area contributed by atoms with E-state index in [1.807, 2.05) is 0 Å². The van der Waals surface area contributed by atoms with Gasteiger partial charge in [-0.25, -0.2) is 0 Å². The van der Waals surface area contributed by atoms with Crippen molar-refractivity contribution in [3.8, 4) is 0 Å². The van der Waals surface area contributed by atoms with E-state index in [0.29, 0.717) is 18.4 Å². The van der Waals surface area contributed by atoms with Gasteiger partial charge in [-0.3, -0.25) is 9.59 Å². The molecule has 27 heavy (non-hydrogen) atoms. The fourth-order valence-electron chi connectivity index (χ4n) is 4.99. The van der Waals surface area contributed by atoms with Crippen LogP contribution in [-0.4, -0.2) is 29.3 Å². The second kappa shape index (κ2) is 8.45. The van der Waals surface area contributed by atoms with E-state index in [0.717, 1.165) is 44.9 Å². The number of carbonyl (C=O) groups is 2. The van der Waals surface area contributed by atoms with Crippen LogP contribution in [0.4, 0.5) is 0 Å². The van der Waals surface area contributed by atoms with Crippen LogP contribution in [0.2, 0.25) is 0 Å². The van der Waals surface area contributed by atoms with Crippen LogP contribution < -0.4 is 5.32 Å². The van der Waals surface area contributed by atoms with Gasteiger partial charge in [-0.05, 0) is 62.0 Å². The second-order valence-corrected chi connectivity index (χ2v) is 8.62. The Bertz CT molecular complexity index is 677. The first-order valence-electron chi connectivity index (χ1n) is 10.9. The molecule has 1 unspecified atom stereocenters. The molecule has 0 aromatic heterocycles. The zero-order chi connectivity index (χ0) is 18.6. The van der Waals surface area contributed by atoms with E-state index in [9.17, 15) is 9.59 Å². The molecule has 2 saturated carbocycles. The highest BCUT2D eigenvalue weighted by Crippen LogP contribution is 2.40. The van der Waals surface area contributed by atoms with Crippen molar-refractivity contribution in [2.24, 2.45) is 5.92 Å². The number of amides is 2. The fraction of sp³-hybridized carbons (Fsp3) is 0.652. The molecule has 4 heteroatoms. The molecule has 0 bridgehead atoms. The third kappa shape index (κ3) is 4.53. The first kappa shape index (κ1) is 18.5. The third-order valence-electron chi connectivity index (χ3n) is 6.54. The second-order valence-electron chi connectivity index (χ2n) is 8.62. The Balaban J connectivity index is 1.37. The molecule has 4 nitrogen and oxygen atoms in total. The molecule has 146 valence electrons. The van der Waals surface area contributed by atoms with Crippen molar-refractivity contribution in [2.75, 3.05) is 6.54 Å². The van der Waals surface area contributed by atoms with Crippen molar-refractivity contribution < 1.29 is 9.59 Å². The minimum atomic E-state index is 0.0510. The van der Waals surface area contributed by atoms with Crippen LogP contribution in [0.3, 0.4) is 0 Å². The van der Waals surface area contributed by atoms with E-state index in [1.165, 1.54) is 30.4 Å². The number of benzene rings is 1. The molecule has 0 spiro atoms. The van der Waals surface area contributed by atoms with Gasteiger partial charge in [0, 0.05) is 12.5 Å². The summed E-state index contributed by atoms with van der Waals surface area (Å²) in [5.74, 6) is 0.657. The van der Waals surface area contributed by atoms with Crippen molar-refractivity contribution in [3.63, 3.8) is 0 Å². The average Bonchev–Trinajstić information content (AvgIpc) is 3.53. The van der Waals surface area contributed by atoms with Gasteiger partial charge in [0.15, 0.2) is 0 Å². The van der Waals surface area contributed by atoms with Crippen LogP contribution in [0.1, 0.15) is 81.4 Å². The molecule has 1 atom stereocenters. The van der Waals surface area contributed by atoms with Crippen molar-refractivity contribution in [1.29, 1.82) is 0 Å². The number of fused-ring (bicyclic) bond motifs is 1. The molecular weight excluding hydrogens is 336 g/mol. The Morgan fingerprint density at radius 1 is 0.963 bits per heavy atom. The maximum atomic E-state index is 13.0. The summed E-state index contributed by atoms with van der Waals surface area (Å²) in [6.45, 7) is 0.153. The fourth-order valence-corrected chi connectivity index (χ4v) is 4.99. The van der Waals surface area contributed by atoms with Crippen LogP contribution in [0.5, 0.6) is 0 Å². The molecule has 3 aliphatic rings. The van der Waals surface area contributed by atoms with Gasteiger partial charge in [0.2, 0.25) is 11.8 Å². The Labute approximate surface area is 162 Å². The SMILES string of the molecule is O=C(CC1CCCCC1)NCC(=O)N(C1CC1)C1CCCc2ccccc21. The van der Waals surface area contributed by atoms with Gasteiger partial charge in [0.25, 0.3) is 0 Å². The summed E-state index contributed by atoms with van der Waals surface area (Å²) < 4.78 is 0. The minimum Gasteiger partial charge on any atom is -0.347 e. The number of nitrogens with one attached hydrogen (secondary N) is 1. The van der Waals surface area contributed by atoms with Crippen molar-refractivity contribution in [3.05, 3.63) is 35.4 Å². The number of hydrogen-bond acceptors (Lipinski definition) is 2. The number of rotatable bonds is 6. The van der Waals surface area contributed by atoms with Crippen LogP contribution in [-0.2, 0) is 16.0 Å². The van der Waals surface area contributed by atoms with E-state index in [-0.39, 0.29) is 24.4 Å². The molecule has 1 N–H and O–H groups in total. The number of carbonyl (C=O) groups excluding carboxylic acids is 2. The third-order valence-corrected chi connectivity index (χ3v) is 6.54. The monoisotopic (exact) mass is 368 g/mol. The van der Waals surface area contributed by atoms with Gasteiger partial charge >= 0.3 is 0 Å². The average molecular weight is 369 g/mol. The summed E-state index contributed by atoms with van der Waals surface area (Å²) in [5.41, 5.74) is 2.70. The predicted octanol–water partition coefficient (Wildman–Crippen LogP) is 4.14. The zero-order valence-corrected chi connectivity index (χ0v) is 16.3. The van der Waals surface area contributed by atoms with E-state index in [1.54, 1.807) is 0 Å². The van der Waals surface area contributed by atoms with E-state index >= 15 is 0 Å². The Morgan fingerprint density at radius 2 is 1.74 bits per heavy atom. The Hall–Kier alpha value is -1.84. The summed E-state index contributed by atoms with van der Waals surface area (Å²) in [4.78, 5) is 27.5. The quantitative estimate of drug-likeness (QED) is 0.820. The van der Waals surface area contributed by atoms with E-state index in [2.05, 4.69) is 34.5 Å². The first-order chi connectivity index (χ1) is 13.2. The van der Waals surface area contributed by atoms with Gasteiger partial charge in [0.1, 0.15) is 0 Å². The molecule has 4 rings (SSSR count). The predicted molar refractivity (Wildman–Crippen MR) is 106 cm³/mol. The summed E-state index contributed by atoms with van der Waals surface area (Å²) in [6.07, 6.45) is 12.2. The standard InChI is InChI=1S/C23H32N2O2/c26-22(15-17-7-2-1-3-8-17)24-16-23(27)25(19-13-14-19)21-12-6-10-18-9-4-5-11-20(18)21/h4-5,9,11,17,19,21H,1-3,6-8,10,12-16H2,(H,24,26). The molecule has 0 radical (unpaired) electrons. The summed E-state index contributed by atoms with van der Waals surface area (Å²) in [6, 6.07) is 9.11. The molecule has 1 aromatic rings. The van der Waals surface area contributed by atoms with Crippen LogP contribution in [0.25, 0.3) is 0 Å². The molecule has 0 heterocycles. The Morgan fingerprint density at radius 3 is 2.52 bits per heavy atom. The highest BCUT2D eigenvalue weighted by atomic mass is 16.2. The largest absolute Gasteiger partial charge is 0.347 e. The van der Waals surface area contributed by atoms with Crippen LogP contribution in [0, 0.1) is 5.92 Å². The molecule has 1 aromatic carbocycles. The molecule has 3 aliphatic carbocycles. The van der Waals surface area contributed by atoms with Crippen molar-refractivity contribution in [2.45, 2.75) is 82.7 Å². The lowest BCUT2D eigenvalue weighted by molar-refractivity contribution is -0.136. The van der Waals surface area contributed by atoms with Crippen LogP contribution in [0.15, 0.2) is 24.3 Å². The van der Waals surface area contributed by atoms with Crippen LogP contribution >= 0.6 is 0 Å². The zero-order valence-electron chi connectivity index (χ0n) is 16.3. The highest BCUT2D eigenvalue weighted by molar-refractivity contribution is 5.85. The van der Waals surface area contributed by atoms with Gasteiger partial charge < -0.3 is 10.2 Å². The van der Waals surface area contributed by atoms with Gasteiger partial charge in [-0.15, -0.1) is 0 Å². The minimum absolute atomic E-state index is 0.0510. The van der Waals surface area contributed by atoms with Crippen molar-refractivity contribution >= 4 is 11.8 Å². The lowest BCUT2D eigenvalue weighted by atomic mass is 9.86. The summed E-state index contributed by atoms with van der Waals surface area (Å²) >= 11 is 0. The van der Waals surface area contributed by atoms with Gasteiger partial charge in [-0.1, -0.05) is 43.5 Å². The molecule has 0 saturated heterocycles. The van der Waals surface area contributed by atoms with E-state index < -0.39 is 0 Å².